The number of unbranched alkanes of at least 4 members (excludes halogenated alkanes) is 2. The lowest BCUT2D eigenvalue weighted by Crippen LogP contribution is -2.54. The number of nitrogens with one attached hydrogen (secondary N) is 5. The quantitative estimate of drug-likeness (QED) is 0.0608. The molecule has 2 rings (SSSR count). The van der Waals surface area contributed by atoms with E-state index in [0.29, 0.717) is 37.9 Å². The van der Waals surface area contributed by atoms with Crippen LogP contribution in [0.3, 0.4) is 0 Å². The Morgan fingerprint density at radius 2 is 1.47 bits per heavy atom. The summed E-state index contributed by atoms with van der Waals surface area (Å²) in [5, 5.41) is 13.3. The molecule has 0 aromatic heterocycles. The van der Waals surface area contributed by atoms with Crippen LogP contribution in [0.4, 0.5) is 10.5 Å². The van der Waals surface area contributed by atoms with Crippen LogP contribution in [0, 0.1) is 5.92 Å². The second kappa shape index (κ2) is 20.8. The summed E-state index contributed by atoms with van der Waals surface area (Å²) in [5.41, 5.74) is 6.31. The molecule has 0 spiro atoms. The van der Waals surface area contributed by atoms with E-state index in [1.807, 2.05) is 0 Å². The fraction of sp³-hybridized carbons (Fsp3) is 0.515. The molecule has 0 saturated heterocycles. The van der Waals surface area contributed by atoms with Crippen LogP contribution < -0.4 is 32.3 Å². The van der Waals surface area contributed by atoms with Gasteiger partial charge >= 0.3 is 12.0 Å². The third kappa shape index (κ3) is 15.0. The molecule has 16 heteroatoms. The maximum absolute atomic E-state index is 13.3. The highest BCUT2D eigenvalue weighted by atomic mass is 16.5. The zero-order valence-electron chi connectivity index (χ0n) is 28.2. The van der Waals surface area contributed by atoms with Gasteiger partial charge in [0.15, 0.2) is 0 Å². The standard InChI is InChI=1S/C33H47N7O9/c1-4-29(45)49-20-22-11-13-23(14-12-22)37-31(46)24(9-8-18-36-33(34)48)38-32(47)30(21(2)3)39-25(41)10-6-5-7-17-35-26(42)19-40-27(43)15-16-28(40)44/h11-16,21,24,30H,4-10,17-20H2,1-3H3,(H,35,42)(H,37,46)(H,38,47)(H,39,41)(H3,34,36,48)/t24-,30-/m0/s1. The van der Waals surface area contributed by atoms with Crippen LogP contribution in [0.15, 0.2) is 36.4 Å². The van der Waals surface area contributed by atoms with Gasteiger partial charge in [0.1, 0.15) is 25.2 Å². The minimum atomic E-state index is -1.00. The van der Waals surface area contributed by atoms with Gasteiger partial charge in [0.05, 0.1) is 0 Å². The van der Waals surface area contributed by atoms with Gasteiger partial charge in [-0.2, -0.15) is 0 Å². The number of primary amides is 1. The number of ether oxygens (including phenoxy) is 1. The van der Waals surface area contributed by atoms with Crippen molar-refractivity contribution in [2.75, 3.05) is 25.0 Å². The molecule has 0 saturated carbocycles. The maximum Gasteiger partial charge on any atom is 0.312 e. The Morgan fingerprint density at radius 1 is 0.816 bits per heavy atom. The molecule has 49 heavy (non-hydrogen) atoms. The van der Waals surface area contributed by atoms with Crippen molar-refractivity contribution in [3.63, 3.8) is 0 Å². The van der Waals surface area contributed by atoms with Crippen LogP contribution >= 0.6 is 0 Å². The Labute approximate surface area is 285 Å². The van der Waals surface area contributed by atoms with Crippen molar-refractivity contribution in [1.82, 2.24) is 26.2 Å². The zero-order chi connectivity index (χ0) is 36.3. The normalized spacial score (nSPS) is 13.4. The van der Waals surface area contributed by atoms with E-state index in [0.717, 1.165) is 22.6 Å². The van der Waals surface area contributed by atoms with Crippen molar-refractivity contribution < 1.29 is 43.1 Å². The summed E-state index contributed by atoms with van der Waals surface area (Å²) >= 11 is 0. The number of imide groups is 1. The van der Waals surface area contributed by atoms with Gasteiger partial charge in [-0.25, -0.2) is 4.79 Å². The molecule has 1 aromatic carbocycles. The Morgan fingerprint density at radius 3 is 2.08 bits per heavy atom. The van der Waals surface area contributed by atoms with Gasteiger partial charge in [-0.05, 0) is 49.3 Å². The average molecular weight is 686 g/mol. The molecule has 1 aliphatic rings. The minimum Gasteiger partial charge on any atom is -0.461 e. The zero-order valence-corrected chi connectivity index (χ0v) is 28.2. The number of hydrogen-bond donors (Lipinski definition) is 6. The Bertz CT molecular complexity index is 1360. The van der Waals surface area contributed by atoms with E-state index in [2.05, 4.69) is 26.6 Å². The fourth-order valence-electron chi connectivity index (χ4n) is 4.61. The number of anilines is 1. The Balaban J connectivity index is 1.87. The highest BCUT2D eigenvalue weighted by Gasteiger charge is 2.29. The number of carbonyl (C=O) groups is 8. The molecule has 1 heterocycles. The summed E-state index contributed by atoms with van der Waals surface area (Å²) in [6.07, 6.45) is 4.74. The number of urea groups is 1. The second-order valence-electron chi connectivity index (χ2n) is 11.7. The van der Waals surface area contributed by atoms with Crippen LogP contribution in [-0.4, -0.2) is 84.1 Å². The van der Waals surface area contributed by atoms with Crippen molar-refractivity contribution >= 4 is 53.1 Å². The van der Waals surface area contributed by atoms with Crippen molar-refractivity contribution in [1.29, 1.82) is 0 Å². The molecule has 7 N–H and O–H groups in total. The third-order valence-corrected chi connectivity index (χ3v) is 7.38. The molecule has 0 unspecified atom stereocenters. The Hall–Kier alpha value is -5.28. The Kier molecular flexibility index (Phi) is 17.0. The van der Waals surface area contributed by atoms with Gasteiger partial charge in [-0.15, -0.1) is 0 Å². The van der Waals surface area contributed by atoms with Crippen LogP contribution in [0.2, 0.25) is 0 Å². The molecular weight excluding hydrogens is 638 g/mol. The number of benzene rings is 1. The lowest BCUT2D eigenvalue weighted by Gasteiger charge is -2.25. The molecule has 0 radical (unpaired) electrons. The lowest BCUT2D eigenvalue weighted by atomic mass is 10.0. The summed E-state index contributed by atoms with van der Waals surface area (Å²) in [4.78, 5) is 97.8. The molecule has 0 fully saturated rings. The maximum atomic E-state index is 13.3. The summed E-state index contributed by atoms with van der Waals surface area (Å²) in [6, 6.07) is 4.03. The van der Waals surface area contributed by atoms with Crippen LogP contribution in [0.1, 0.15) is 71.3 Å². The fourth-order valence-corrected chi connectivity index (χ4v) is 4.61. The van der Waals surface area contributed by atoms with Crippen molar-refractivity contribution in [2.24, 2.45) is 11.7 Å². The van der Waals surface area contributed by atoms with E-state index in [-0.39, 0.29) is 56.8 Å². The minimum absolute atomic E-state index is 0.0955. The van der Waals surface area contributed by atoms with E-state index >= 15 is 0 Å². The topological polar surface area (TPSA) is 235 Å². The highest BCUT2D eigenvalue weighted by molar-refractivity contribution is 6.14. The van der Waals surface area contributed by atoms with E-state index in [1.165, 1.54) is 0 Å². The molecule has 2 atom stereocenters. The molecular formula is C33H47N7O9. The first-order valence-corrected chi connectivity index (χ1v) is 16.3. The van der Waals surface area contributed by atoms with Crippen LogP contribution in [0.25, 0.3) is 0 Å². The predicted molar refractivity (Wildman–Crippen MR) is 178 cm³/mol. The number of nitrogens with zero attached hydrogens (tertiary/aromatic N) is 1. The van der Waals surface area contributed by atoms with Gasteiger partial charge in [-0.1, -0.05) is 39.3 Å². The van der Waals surface area contributed by atoms with Crippen LogP contribution in [0.5, 0.6) is 0 Å². The monoisotopic (exact) mass is 685 g/mol. The van der Waals surface area contributed by atoms with E-state index < -0.39 is 47.7 Å². The number of amides is 8. The first kappa shape index (κ1) is 39.9. The molecule has 16 nitrogen and oxygen atoms in total. The average Bonchev–Trinajstić information content (AvgIpc) is 3.37. The first-order valence-electron chi connectivity index (χ1n) is 16.3. The van der Waals surface area contributed by atoms with Gasteiger partial charge in [-0.3, -0.25) is 38.5 Å². The van der Waals surface area contributed by atoms with Gasteiger partial charge < -0.3 is 37.1 Å². The molecule has 0 bridgehead atoms. The predicted octanol–water partition coefficient (Wildman–Crippen LogP) is 0.754. The van der Waals surface area contributed by atoms with Gasteiger partial charge in [0.25, 0.3) is 11.8 Å². The van der Waals surface area contributed by atoms with Crippen molar-refractivity contribution in [3.8, 4) is 0 Å². The summed E-state index contributed by atoms with van der Waals surface area (Å²) < 4.78 is 5.11. The van der Waals surface area contributed by atoms with Gasteiger partial charge in [0.2, 0.25) is 23.6 Å². The van der Waals surface area contributed by atoms with Crippen molar-refractivity contribution in [2.45, 2.75) is 84.4 Å². The molecule has 1 aromatic rings. The molecule has 0 aliphatic carbocycles. The second-order valence-corrected chi connectivity index (χ2v) is 11.7. The van der Waals surface area contributed by atoms with Gasteiger partial charge in [0, 0.05) is 43.8 Å². The van der Waals surface area contributed by atoms with E-state index in [1.54, 1.807) is 45.0 Å². The number of carbonyl (C=O) groups excluding carboxylic acids is 8. The lowest BCUT2D eigenvalue weighted by molar-refractivity contribution is -0.144. The van der Waals surface area contributed by atoms with E-state index in [9.17, 15) is 38.4 Å². The molecule has 8 amide bonds. The SMILES string of the molecule is CCC(=O)OCc1ccc(NC(=O)[C@H](CCCNC(N)=O)NC(=O)[C@@H](NC(=O)CCCCCNC(=O)CN2C(=O)C=CC2=O)C(C)C)cc1. The molecule has 268 valence electrons. The third-order valence-electron chi connectivity index (χ3n) is 7.38. The first-order chi connectivity index (χ1) is 23.3. The van der Waals surface area contributed by atoms with Crippen LogP contribution in [-0.2, 0) is 44.9 Å². The number of nitrogens with two attached hydrogens (primary N) is 1. The summed E-state index contributed by atoms with van der Waals surface area (Å²) in [5.74, 6) is -3.58. The highest BCUT2D eigenvalue weighted by Crippen LogP contribution is 2.13. The smallest absolute Gasteiger partial charge is 0.312 e. The van der Waals surface area contributed by atoms with Crippen molar-refractivity contribution in [3.05, 3.63) is 42.0 Å². The molecule has 1 aliphatic heterocycles. The number of rotatable bonds is 21. The largest absolute Gasteiger partial charge is 0.461 e. The van der Waals surface area contributed by atoms with E-state index in [4.69, 9.17) is 10.5 Å². The number of esters is 1. The summed E-state index contributed by atoms with van der Waals surface area (Å²) in [7, 11) is 0. The number of hydrogen-bond acceptors (Lipinski definition) is 9. The summed E-state index contributed by atoms with van der Waals surface area (Å²) in [6.45, 7) is 5.44.